The zero-order valence-electron chi connectivity index (χ0n) is 15.5. The standard InChI is InChI=1S/C21H27NO4/c1-15(21(25)22-12-4-5-13-22)26-20(24)11-10-19(23)18-9-8-16-6-2-3-7-17(16)14-18/h8-9,14-15H,2-7,10-13H2,1H3. The summed E-state index contributed by atoms with van der Waals surface area (Å²) < 4.78 is 5.22. The second-order valence-corrected chi connectivity index (χ2v) is 7.28. The molecule has 5 nitrogen and oxygen atoms in total. The first kappa shape index (κ1) is 18.6. The van der Waals surface area contributed by atoms with Gasteiger partial charge in [0, 0.05) is 25.1 Å². The van der Waals surface area contributed by atoms with Crippen molar-refractivity contribution < 1.29 is 19.1 Å². The zero-order valence-corrected chi connectivity index (χ0v) is 15.5. The molecule has 1 amide bonds. The highest BCUT2D eigenvalue weighted by Gasteiger charge is 2.26. The van der Waals surface area contributed by atoms with Gasteiger partial charge in [-0.3, -0.25) is 14.4 Å². The summed E-state index contributed by atoms with van der Waals surface area (Å²) in [6.07, 6.45) is 5.83. The molecule has 1 aliphatic heterocycles. The van der Waals surface area contributed by atoms with Crippen LogP contribution in [0.4, 0.5) is 0 Å². The molecule has 1 atom stereocenters. The molecule has 0 N–H and O–H groups in total. The summed E-state index contributed by atoms with van der Waals surface area (Å²) in [6, 6.07) is 5.87. The molecule has 1 saturated heterocycles. The second-order valence-electron chi connectivity index (χ2n) is 7.28. The van der Waals surface area contributed by atoms with E-state index >= 15 is 0 Å². The summed E-state index contributed by atoms with van der Waals surface area (Å²) in [5.74, 6) is -0.679. The first-order valence-electron chi connectivity index (χ1n) is 9.68. The average Bonchev–Trinajstić information content (AvgIpc) is 3.19. The Labute approximate surface area is 154 Å². The van der Waals surface area contributed by atoms with Gasteiger partial charge >= 0.3 is 5.97 Å². The van der Waals surface area contributed by atoms with E-state index in [2.05, 4.69) is 0 Å². The molecule has 1 fully saturated rings. The minimum Gasteiger partial charge on any atom is -0.453 e. The normalized spacial score (nSPS) is 17.5. The highest BCUT2D eigenvalue weighted by molar-refractivity contribution is 5.98. The number of rotatable bonds is 6. The van der Waals surface area contributed by atoms with Crippen LogP contribution in [0.15, 0.2) is 18.2 Å². The Kier molecular flexibility index (Phi) is 6.07. The van der Waals surface area contributed by atoms with E-state index in [1.165, 1.54) is 24.0 Å². The van der Waals surface area contributed by atoms with Crippen LogP contribution in [0.3, 0.4) is 0 Å². The fourth-order valence-corrected chi connectivity index (χ4v) is 3.77. The van der Waals surface area contributed by atoms with Crippen LogP contribution >= 0.6 is 0 Å². The number of Topliss-reactive ketones (excluding diaryl/α,β-unsaturated/α-hetero) is 1. The van der Waals surface area contributed by atoms with Crippen molar-refractivity contribution in [1.82, 2.24) is 4.90 Å². The van der Waals surface area contributed by atoms with Gasteiger partial charge in [-0.15, -0.1) is 0 Å². The minimum atomic E-state index is -0.778. The largest absolute Gasteiger partial charge is 0.453 e. The number of fused-ring (bicyclic) bond motifs is 1. The molecule has 5 heteroatoms. The Bertz CT molecular complexity index is 691. The molecule has 1 aliphatic carbocycles. The highest BCUT2D eigenvalue weighted by atomic mass is 16.5. The summed E-state index contributed by atoms with van der Waals surface area (Å²) >= 11 is 0. The van der Waals surface area contributed by atoms with Gasteiger partial charge in [0.15, 0.2) is 11.9 Å². The Hall–Kier alpha value is -2.17. The molecule has 140 valence electrons. The van der Waals surface area contributed by atoms with Crippen molar-refractivity contribution in [2.24, 2.45) is 0 Å². The van der Waals surface area contributed by atoms with Crippen LogP contribution in [0.25, 0.3) is 0 Å². The minimum absolute atomic E-state index is 0.00748. The van der Waals surface area contributed by atoms with Crippen molar-refractivity contribution in [2.45, 2.75) is 64.4 Å². The fraction of sp³-hybridized carbons (Fsp3) is 0.571. The summed E-state index contributed by atoms with van der Waals surface area (Å²) in [5.41, 5.74) is 3.26. The van der Waals surface area contributed by atoms with Crippen molar-refractivity contribution in [1.29, 1.82) is 0 Å². The van der Waals surface area contributed by atoms with Gasteiger partial charge in [0.25, 0.3) is 5.91 Å². The van der Waals surface area contributed by atoms with Crippen LogP contribution in [-0.4, -0.2) is 41.8 Å². The predicted molar refractivity (Wildman–Crippen MR) is 98.0 cm³/mol. The van der Waals surface area contributed by atoms with E-state index in [4.69, 9.17) is 4.74 Å². The van der Waals surface area contributed by atoms with Crippen LogP contribution in [0.1, 0.15) is 66.9 Å². The Morgan fingerprint density at radius 2 is 1.69 bits per heavy atom. The van der Waals surface area contributed by atoms with Gasteiger partial charge in [0.1, 0.15) is 0 Å². The average molecular weight is 357 g/mol. The molecule has 0 spiro atoms. The molecular weight excluding hydrogens is 330 g/mol. The van der Waals surface area contributed by atoms with E-state index < -0.39 is 12.1 Å². The molecule has 0 aromatic heterocycles. The third-order valence-electron chi connectivity index (χ3n) is 5.30. The molecule has 3 rings (SSSR count). The summed E-state index contributed by atoms with van der Waals surface area (Å²) in [5, 5.41) is 0. The first-order chi connectivity index (χ1) is 12.5. The van der Waals surface area contributed by atoms with Crippen molar-refractivity contribution in [3.63, 3.8) is 0 Å². The SMILES string of the molecule is CC(OC(=O)CCC(=O)c1ccc2c(c1)CCCC2)C(=O)N1CCCC1. The van der Waals surface area contributed by atoms with Crippen LogP contribution in [0.5, 0.6) is 0 Å². The number of hydrogen-bond acceptors (Lipinski definition) is 4. The number of hydrogen-bond donors (Lipinski definition) is 0. The van der Waals surface area contributed by atoms with Gasteiger partial charge in [-0.25, -0.2) is 0 Å². The van der Waals surface area contributed by atoms with Crippen molar-refractivity contribution in [3.05, 3.63) is 34.9 Å². The topological polar surface area (TPSA) is 63.7 Å². The first-order valence-corrected chi connectivity index (χ1v) is 9.68. The van der Waals surface area contributed by atoms with E-state index in [-0.39, 0.29) is 24.5 Å². The Morgan fingerprint density at radius 3 is 2.42 bits per heavy atom. The number of benzene rings is 1. The van der Waals surface area contributed by atoms with Crippen molar-refractivity contribution in [3.8, 4) is 0 Å². The molecule has 0 radical (unpaired) electrons. The zero-order chi connectivity index (χ0) is 18.5. The summed E-state index contributed by atoms with van der Waals surface area (Å²) in [6.45, 7) is 3.07. The second kappa shape index (κ2) is 8.47. The van der Waals surface area contributed by atoms with Crippen LogP contribution in [-0.2, 0) is 27.2 Å². The maximum absolute atomic E-state index is 12.4. The van der Waals surface area contributed by atoms with Crippen LogP contribution < -0.4 is 0 Å². The van der Waals surface area contributed by atoms with Gasteiger partial charge in [-0.05, 0) is 62.6 Å². The number of ketones is 1. The Morgan fingerprint density at radius 1 is 1.00 bits per heavy atom. The highest BCUT2D eigenvalue weighted by Crippen LogP contribution is 2.23. The van der Waals surface area contributed by atoms with Gasteiger partial charge in [0.2, 0.25) is 0 Å². The number of ether oxygens (including phenoxy) is 1. The van der Waals surface area contributed by atoms with Gasteiger partial charge in [-0.2, -0.15) is 0 Å². The molecular formula is C21H27NO4. The van der Waals surface area contributed by atoms with Gasteiger partial charge in [0.05, 0.1) is 6.42 Å². The third kappa shape index (κ3) is 4.51. The molecule has 1 heterocycles. The van der Waals surface area contributed by atoms with E-state index in [1.54, 1.807) is 11.8 Å². The number of aryl methyl sites for hydroxylation is 2. The molecule has 26 heavy (non-hydrogen) atoms. The summed E-state index contributed by atoms with van der Waals surface area (Å²) in [7, 11) is 0. The van der Waals surface area contributed by atoms with Crippen molar-refractivity contribution in [2.75, 3.05) is 13.1 Å². The smallest absolute Gasteiger partial charge is 0.307 e. The quantitative estimate of drug-likeness (QED) is 0.580. The van der Waals surface area contributed by atoms with E-state index in [0.29, 0.717) is 5.56 Å². The van der Waals surface area contributed by atoms with E-state index in [9.17, 15) is 14.4 Å². The lowest BCUT2D eigenvalue weighted by molar-refractivity contribution is -0.158. The molecule has 1 unspecified atom stereocenters. The number of nitrogens with zero attached hydrogens (tertiary/aromatic N) is 1. The van der Waals surface area contributed by atoms with E-state index in [1.807, 2.05) is 18.2 Å². The summed E-state index contributed by atoms with van der Waals surface area (Å²) in [4.78, 5) is 38.3. The molecule has 1 aromatic rings. The van der Waals surface area contributed by atoms with Crippen molar-refractivity contribution >= 4 is 17.7 Å². The number of carbonyl (C=O) groups excluding carboxylic acids is 3. The maximum Gasteiger partial charge on any atom is 0.307 e. The molecule has 2 aliphatic rings. The number of likely N-dealkylation sites (tertiary alicyclic amines) is 1. The molecule has 0 saturated carbocycles. The predicted octanol–water partition coefficient (Wildman–Crippen LogP) is 3.08. The lowest BCUT2D eigenvalue weighted by Crippen LogP contribution is -2.38. The molecule has 0 bridgehead atoms. The van der Waals surface area contributed by atoms with E-state index in [0.717, 1.165) is 38.8 Å². The maximum atomic E-state index is 12.4. The monoisotopic (exact) mass is 357 g/mol. The number of amides is 1. The number of esters is 1. The van der Waals surface area contributed by atoms with Crippen LogP contribution in [0, 0.1) is 0 Å². The Balaban J connectivity index is 1.47. The van der Waals surface area contributed by atoms with Gasteiger partial charge < -0.3 is 9.64 Å². The molecule has 1 aromatic carbocycles. The van der Waals surface area contributed by atoms with Gasteiger partial charge in [-0.1, -0.05) is 12.1 Å². The number of carbonyl (C=O) groups is 3. The van der Waals surface area contributed by atoms with Crippen LogP contribution in [0.2, 0.25) is 0 Å². The third-order valence-corrected chi connectivity index (χ3v) is 5.30. The fourth-order valence-electron chi connectivity index (χ4n) is 3.77. The lowest BCUT2D eigenvalue weighted by atomic mass is 9.89. The lowest BCUT2D eigenvalue weighted by Gasteiger charge is -2.20.